The number of carbonyl (C=O) groups excluding carboxylic acids is 1. The summed E-state index contributed by atoms with van der Waals surface area (Å²) in [5.74, 6) is 2.10. The van der Waals surface area contributed by atoms with Crippen molar-refractivity contribution in [2.45, 2.75) is 31.6 Å². The zero-order valence-electron chi connectivity index (χ0n) is 15.5. The van der Waals surface area contributed by atoms with E-state index in [0.717, 1.165) is 29.2 Å². The third-order valence-corrected chi connectivity index (χ3v) is 5.80. The van der Waals surface area contributed by atoms with Gasteiger partial charge in [0.15, 0.2) is 0 Å². The van der Waals surface area contributed by atoms with Gasteiger partial charge in [-0.05, 0) is 48.7 Å². The number of aryl methyl sites for hydroxylation is 1. The first-order valence-corrected chi connectivity index (χ1v) is 9.97. The summed E-state index contributed by atoms with van der Waals surface area (Å²) in [7, 11) is 3.30. The molecule has 138 valence electrons. The lowest BCUT2D eigenvalue weighted by atomic mass is 10.1. The fourth-order valence-corrected chi connectivity index (χ4v) is 4.36. The topological polar surface area (TPSA) is 38.8 Å². The molecule has 1 atom stereocenters. The Morgan fingerprint density at radius 2 is 1.88 bits per heavy atom. The molecule has 1 heterocycles. The molecule has 4 nitrogen and oxygen atoms in total. The molecule has 1 unspecified atom stereocenters. The lowest BCUT2D eigenvalue weighted by Crippen LogP contribution is -2.28. The number of benzene rings is 2. The van der Waals surface area contributed by atoms with Crippen LogP contribution in [0.2, 0.25) is 0 Å². The normalized spacial score (nSPS) is 16.8. The van der Waals surface area contributed by atoms with Gasteiger partial charge < -0.3 is 9.47 Å². The fraction of sp³-hybridized carbons (Fsp3) is 0.381. The Hall–Kier alpha value is -2.14. The van der Waals surface area contributed by atoms with Crippen molar-refractivity contribution in [1.29, 1.82) is 0 Å². The smallest absolute Gasteiger partial charge is 0.238 e. The number of amides is 1. The molecule has 1 saturated heterocycles. The first kappa shape index (κ1) is 18.6. The van der Waals surface area contributed by atoms with E-state index in [1.165, 1.54) is 18.4 Å². The van der Waals surface area contributed by atoms with Crippen molar-refractivity contribution in [1.82, 2.24) is 0 Å². The number of hydrogen-bond acceptors (Lipinski definition) is 4. The number of thioether (sulfide) groups is 1. The minimum atomic E-state index is -0.117. The Morgan fingerprint density at radius 3 is 2.54 bits per heavy atom. The fourth-order valence-electron chi connectivity index (χ4n) is 3.17. The molecule has 1 fully saturated rings. The molecule has 2 aromatic rings. The molecular weight excluding hydrogens is 346 g/mol. The van der Waals surface area contributed by atoms with Crippen LogP contribution in [0.1, 0.15) is 36.3 Å². The number of ether oxygens (including phenoxy) is 2. The van der Waals surface area contributed by atoms with E-state index in [4.69, 9.17) is 9.47 Å². The van der Waals surface area contributed by atoms with Gasteiger partial charge in [0.05, 0.1) is 20.0 Å². The summed E-state index contributed by atoms with van der Waals surface area (Å²) >= 11 is 1.61. The number of methoxy groups -OCH3 is 2. The summed E-state index contributed by atoms with van der Waals surface area (Å²) in [5.41, 5.74) is 3.19. The van der Waals surface area contributed by atoms with E-state index >= 15 is 0 Å². The monoisotopic (exact) mass is 371 g/mol. The van der Waals surface area contributed by atoms with Crippen molar-refractivity contribution in [2.24, 2.45) is 0 Å². The molecule has 0 radical (unpaired) electrons. The predicted octanol–water partition coefficient (Wildman–Crippen LogP) is 4.83. The Bertz CT molecular complexity index is 760. The SMILES string of the molecule is CCCCc1ccc(N2C(=O)CSC2c2cc(OC)ccc2OC)cc1. The van der Waals surface area contributed by atoms with Crippen LogP contribution in [0.3, 0.4) is 0 Å². The molecule has 1 amide bonds. The standard InChI is InChI=1S/C21H25NO3S/c1-4-5-6-15-7-9-16(10-8-15)22-20(23)14-26-21(22)18-13-17(24-2)11-12-19(18)25-3/h7-13,21H,4-6,14H2,1-3H3. The van der Waals surface area contributed by atoms with Crippen molar-refractivity contribution in [3.05, 3.63) is 53.6 Å². The average molecular weight is 372 g/mol. The van der Waals surface area contributed by atoms with Crippen LogP contribution in [-0.4, -0.2) is 25.9 Å². The first-order chi connectivity index (χ1) is 12.7. The summed E-state index contributed by atoms with van der Waals surface area (Å²) in [6.07, 6.45) is 3.44. The van der Waals surface area contributed by atoms with E-state index < -0.39 is 0 Å². The van der Waals surface area contributed by atoms with E-state index in [2.05, 4.69) is 31.2 Å². The molecular formula is C21H25NO3S. The molecule has 0 saturated carbocycles. The molecule has 0 bridgehead atoms. The number of carbonyl (C=O) groups is 1. The second kappa shape index (κ2) is 8.49. The van der Waals surface area contributed by atoms with E-state index in [-0.39, 0.29) is 11.3 Å². The molecule has 5 heteroatoms. The second-order valence-corrected chi connectivity index (χ2v) is 7.37. The maximum Gasteiger partial charge on any atom is 0.238 e. The Kier molecular flexibility index (Phi) is 6.09. The Morgan fingerprint density at radius 1 is 1.12 bits per heavy atom. The quantitative estimate of drug-likeness (QED) is 0.699. The summed E-state index contributed by atoms with van der Waals surface area (Å²) in [5, 5.41) is -0.117. The highest BCUT2D eigenvalue weighted by Crippen LogP contribution is 2.45. The molecule has 2 aromatic carbocycles. The van der Waals surface area contributed by atoms with Crippen LogP contribution < -0.4 is 14.4 Å². The third kappa shape index (κ3) is 3.83. The number of rotatable bonds is 7. The van der Waals surface area contributed by atoms with E-state index in [1.54, 1.807) is 26.0 Å². The summed E-state index contributed by atoms with van der Waals surface area (Å²) in [4.78, 5) is 14.5. The van der Waals surface area contributed by atoms with Crippen molar-refractivity contribution in [2.75, 3.05) is 24.9 Å². The number of unbranched alkanes of at least 4 members (excludes halogenated alkanes) is 1. The van der Waals surface area contributed by atoms with Crippen LogP contribution in [0, 0.1) is 0 Å². The van der Waals surface area contributed by atoms with Crippen LogP contribution in [0.25, 0.3) is 0 Å². The summed E-state index contributed by atoms with van der Waals surface area (Å²) < 4.78 is 10.9. The largest absolute Gasteiger partial charge is 0.497 e. The second-order valence-electron chi connectivity index (χ2n) is 6.30. The molecule has 0 aliphatic carbocycles. The van der Waals surface area contributed by atoms with Gasteiger partial charge in [-0.3, -0.25) is 9.69 Å². The lowest BCUT2D eigenvalue weighted by molar-refractivity contribution is -0.115. The predicted molar refractivity (Wildman–Crippen MR) is 107 cm³/mol. The highest BCUT2D eigenvalue weighted by molar-refractivity contribution is 8.00. The van der Waals surface area contributed by atoms with Crippen LogP contribution in [0.4, 0.5) is 5.69 Å². The van der Waals surface area contributed by atoms with Crippen molar-refractivity contribution in [3.8, 4) is 11.5 Å². The van der Waals surface area contributed by atoms with E-state index in [9.17, 15) is 4.79 Å². The number of nitrogens with zero attached hydrogens (tertiary/aromatic N) is 1. The van der Waals surface area contributed by atoms with Crippen molar-refractivity contribution in [3.63, 3.8) is 0 Å². The molecule has 3 rings (SSSR count). The molecule has 1 aliphatic rings. The maximum absolute atomic E-state index is 12.6. The van der Waals surface area contributed by atoms with Gasteiger partial charge in [0.1, 0.15) is 16.9 Å². The highest BCUT2D eigenvalue weighted by atomic mass is 32.2. The molecule has 1 aliphatic heterocycles. The highest BCUT2D eigenvalue weighted by Gasteiger charge is 2.36. The molecule has 0 aromatic heterocycles. The average Bonchev–Trinajstić information content (AvgIpc) is 3.07. The minimum absolute atomic E-state index is 0.117. The van der Waals surface area contributed by atoms with Crippen LogP contribution in [0.5, 0.6) is 11.5 Å². The van der Waals surface area contributed by atoms with Crippen LogP contribution in [0.15, 0.2) is 42.5 Å². The van der Waals surface area contributed by atoms with Crippen LogP contribution >= 0.6 is 11.8 Å². The molecule has 0 N–H and O–H groups in total. The minimum Gasteiger partial charge on any atom is -0.497 e. The first-order valence-electron chi connectivity index (χ1n) is 8.92. The summed E-state index contributed by atoms with van der Waals surface area (Å²) in [6, 6.07) is 14.1. The van der Waals surface area contributed by atoms with Gasteiger partial charge in [-0.25, -0.2) is 0 Å². The van der Waals surface area contributed by atoms with Gasteiger partial charge in [0.25, 0.3) is 0 Å². The van der Waals surface area contributed by atoms with Gasteiger partial charge in [0, 0.05) is 11.3 Å². The van der Waals surface area contributed by atoms with Crippen molar-refractivity contribution < 1.29 is 14.3 Å². The Labute approximate surface area is 159 Å². The zero-order chi connectivity index (χ0) is 18.5. The van der Waals surface area contributed by atoms with Gasteiger partial charge in [-0.2, -0.15) is 0 Å². The Balaban J connectivity index is 1.92. The molecule has 26 heavy (non-hydrogen) atoms. The van der Waals surface area contributed by atoms with Gasteiger partial charge >= 0.3 is 0 Å². The zero-order valence-corrected chi connectivity index (χ0v) is 16.3. The van der Waals surface area contributed by atoms with E-state index in [0.29, 0.717) is 5.75 Å². The van der Waals surface area contributed by atoms with Gasteiger partial charge in [-0.15, -0.1) is 11.8 Å². The van der Waals surface area contributed by atoms with Gasteiger partial charge in [0.2, 0.25) is 5.91 Å². The number of hydrogen-bond donors (Lipinski definition) is 0. The van der Waals surface area contributed by atoms with E-state index in [1.807, 2.05) is 23.1 Å². The third-order valence-electron chi connectivity index (χ3n) is 4.60. The van der Waals surface area contributed by atoms with Gasteiger partial charge in [-0.1, -0.05) is 25.5 Å². The lowest BCUT2D eigenvalue weighted by Gasteiger charge is -2.26. The molecule has 0 spiro atoms. The van der Waals surface area contributed by atoms with Crippen molar-refractivity contribution >= 4 is 23.4 Å². The number of anilines is 1. The maximum atomic E-state index is 12.6. The summed E-state index contributed by atoms with van der Waals surface area (Å²) in [6.45, 7) is 2.20. The van der Waals surface area contributed by atoms with Crippen LogP contribution in [-0.2, 0) is 11.2 Å².